The number of halogens is 1. The zero-order chi connectivity index (χ0) is 12.8. The largest absolute Gasteiger partial charge is 0.445 e. The Labute approximate surface area is 111 Å². The molecule has 1 aliphatic rings. The van der Waals surface area contributed by atoms with Gasteiger partial charge < -0.3 is 14.4 Å². The number of alkyl halides is 1. The molecule has 0 bridgehead atoms. The number of amides is 1. The van der Waals surface area contributed by atoms with Crippen LogP contribution in [0, 0.1) is 0 Å². The molecule has 1 heterocycles. The van der Waals surface area contributed by atoms with Gasteiger partial charge in [-0.05, 0) is 5.56 Å². The molecule has 18 heavy (non-hydrogen) atoms. The maximum atomic E-state index is 11.8. The van der Waals surface area contributed by atoms with Crippen LogP contribution in [0.25, 0.3) is 0 Å². The number of ether oxygens (including phenoxy) is 2. The predicted octanol–water partition coefficient (Wildman–Crippen LogP) is 2.26. The summed E-state index contributed by atoms with van der Waals surface area (Å²) in [5.74, 6) is 0.391. The summed E-state index contributed by atoms with van der Waals surface area (Å²) in [4.78, 5) is 13.5. The minimum atomic E-state index is -0.308. The van der Waals surface area contributed by atoms with Crippen LogP contribution in [0.15, 0.2) is 30.3 Å². The predicted molar refractivity (Wildman–Crippen MR) is 68.7 cm³/mol. The van der Waals surface area contributed by atoms with E-state index in [-0.39, 0.29) is 12.2 Å². The lowest BCUT2D eigenvalue weighted by molar-refractivity contribution is -0.0177. The number of carbonyl (C=O) groups is 1. The van der Waals surface area contributed by atoms with E-state index in [2.05, 4.69) is 0 Å². The monoisotopic (exact) mass is 269 g/mol. The summed E-state index contributed by atoms with van der Waals surface area (Å²) in [5.41, 5.74) is 0.980. The fourth-order valence-corrected chi connectivity index (χ4v) is 1.98. The van der Waals surface area contributed by atoms with Crippen molar-refractivity contribution in [1.29, 1.82) is 0 Å². The van der Waals surface area contributed by atoms with Gasteiger partial charge in [-0.25, -0.2) is 4.79 Å². The Kier molecular flexibility index (Phi) is 4.84. The maximum absolute atomic E-state index is 11.8. The minimum Gasteiger partial charge on any atom is -0.445 e. The molecule has 0 spiro atoms. The Morgan fingerprint density at radius 2 is 2.22 bits per heavy atom. The minimum absolute atomic E-state index is 0.0929. The van der Waals surface area contributed by atoms with Crippen molar-refractivity contribution in [3.8, 4) is 0 Å². The molecule has 2 rings (SSSR count). The zero-order valence-electron chi connectivity index (χ0n) is 10.0. The van der Waals surface area contributed by atoms with Crippen LogP contribution < -0.4 is 0 Å². The fraction of sp³-hybridized carbons (Fsp3) is 0.462. The van der Waals surface area contributed by atoms with E-state index in [1.165, 1.54) is 0 Å². The van der Waals surface area contributed by atoms with E-state index in [0.29, 0.717) is 32.2 Å². The summed E-state index contributed by atoms with van der Waals surface area (Å²) in [6.07, 6.45) is -0.401. The summed E-state index contributed by atoms with van der Waals surface area (Å²) < 4.78 is 10.6. The SMILES string of the molecule is O=C(OCc1ccccc1)N1CCO[C@@H](CCl)C1. The highest BCUT2D eigenvalue weighted by atomic mass is 35.5. The van der Waals surface area contributed by atoms with Crippen molar-refractivity contribution in [2.45, 2.75) is 12.7 Å². The molecule has 1 amide bonds. The summed E-state index contributed by atoms with van der Waals surface area (Å²) in [7, 11) is 0. The summed E-state index contributed by atoms with van der Waals surface area (Å²) >= 11 is 5.72. The molecule has 1 aromatic rings. The lowest BCUT2D eigenvalue weighted by Gasteiger charge is -2.31. The third-order valence-electron chi connectivity index (χ3n) is 2.77. The number of benzene rings is 1. The van der Waals surface area contributed by atoms with Crippen LogP contribution in [0.5, 0.6) is 0 Å². The lowest BCUT2D eigenvalue weighted by atomic mass is 10.2. The van der Waals surface area contributed by atoms with Crippen molar-refractivity contribution < 1.29 is 14.3 Å². The zero-order valence-corrected chi connectivity index (χ0v) is 10.8. The van der Waals surface area contributed by atoms with E-state index in [0.717, 1.165) is 5.56 Å². The van der Waals surface area contributed by atoms with Crippen molar-refractivity contribution >= 4 is 17.7 Å². The van der Waals surface area contributed by atoms with E-state index in [1.54, 1.807) is 4.90 Å². The van der Waals surface area contributed by atoms with E-state index < -0.39 is 0 Å². The molecule has 4 nitrogen and oxygen atoms in total. The van der Waals surface area contributed by atoms with Gasteiger partial charge >= 0.3 is 6.09 Å². The second kappa shape index (κ2) is 6.61. The Morgan fingerprint density at radius 3 is 2.94 bits per heavy atom. The van der Waals surface area contributed by atoms with E-state index in [9.17, 15) is 4.79 Å². The lowest BCUT2D eigenvalue weighted by Crippen LogP contribution is -2.46. The average molecular weight is 270 g/mol. The highest BCUT2D eigenvalue weighted by Gasteiger charge is 2.24. The first-order chi connectivity index (χ1) is 8.79. The van der Waals surface area contributed by atoms with Crippen molar-refractivity contribution in [3.05, 3.63) is 35.9 Å². The Hall–Kier alpha value is -1.26. The summed E-state index contributed by atoms with van der Waals surface area (Å²) in [6, 6.07) is 9.61. The second-order valence-electron chi connectivity index (χ2n) is 4.13. The van der Waals surface area contributed by atoms with Gasteiger partial charge in [0, 0.05) is 6.54 Å². The first-order valence-corrected chi connectivity index (χ1v) is 6.46. The molecule has 0 aliphatic carbocycles. The topological polar surface area (TPSA) is 38.8 Å². The van der Waals surface area contributed by atoms with Crippen LogP contribution in [0.1, 0.15) is 5.56 Å². The van der Waals surface area contributed by atoms with Gasteiger partial charge in [0.15, 0.2) is 0 Å². The number of hydrogen-bond donors (Lipinski definition) is 0. The summed E-state index contributed by atoms with van der Waals surface area (Å²) in [5, 5.41) is 0. The van der Waals surface area contributed by atoms with Crippen LogP contribution in [-0.4, -0.2) is 42.7 Å². The Balaban J connectivity index is 1.81. The maximum Gasteiger partial charge on any atom is 0.410 e. The van der Waals surface area contributed by atoms with E-state index in [4.69, 9.17) is 21.1 Å². The van der Waals surface area contributed by atoms with Crippen molar-refractivity contribution in [2.24, 2.45) is 0 Å². The van der Waals surface area contributed by atoms with Gasteiger partial charge in [0.2, 0.25) is 0 Å². The van der Waals surface area contributed by atoms with Crippen molar-refractivity contribution in [3.63, 3.8) is 0 Å². The molecular formula is C13H16ClNO3. The van der Waals surface area contributed by atoms with E-state index >= 15 is 0 Å². The van der Waals surface area contributed by atoms with Gasteiger partial charge in [-0.3, -0.25) is 0 Å². The fourth-order valence-electron chi connectivity index (χ4n) is 1.79. The van der Waals surface area contributed by atoms with Crippen LogP contribution in [0.3, 0.4) is 0 Å². The third-order valence-corrected chi connectivity index (χ3v) is 3.12. The van der Waals surface area contributed by atoms with Crippen molar-refractivity contribution in [1.82, 2.24) is 4.90 Å². The van der Waals surface area contributed by atoms with Gasteiger partial charge in [-0.1, -0.05) is 30.3 Å². The molecule has 5 heteroatoms. The molecule has 0 aromatic heterocycles. The second-order valence-corrected chi connectivity index (χ2v) is 4.44. The van der Waals surface area contributed by atoms with Gasteiger partial charge in [0.25, 0.3) is 0 Å². The number of carbonyl (C=O) groups excluding carboxylic acids is 1. The molecule has 0 unspecified atom stereocenters. The first-order valence-electron chi connectivity index (χ1n) is 5.93. The highest BCUT2D eigenvalue weighted by molar-refractivity contribution is 6.18. The molecule has 1 atom stereocenters. The Bertz CT molecular complexity index is 385. The summed E-state index contributed by atoms with van der Waals surface area (Å²) in [6.45, 7) is 1.86. The number of morpholine rings is 1. The van der Waals surface area contributed by atoms with Gasteiger partial charge in [0.05, 0.1) is 25.1 Å². The molecule has 0 saturated carbocycles. The van der Waals surface area contributed by atoms with Gasteiger partial charge in [-0.2, -0.15) is 0 Å². The molecule has 1 aromatic carbocycles. The van der Waals surface area contributed by atoms with Crippen LogP contribution >= 0.6 is 11.6 Å². The molecule has 0 N–H and O–H groups in total. The quantitative estimate of drug-likeness (QED) is 0.790. The standard InChI is InChI=1S/C13H16ClNO3/c14-8-12-9-15(6-7-17-12)13(16)18-10-11-4-2-1-3-5-11/h1-5,12H,6-10H2/t12-/m0/s1. The number of nitrogens with zero attached hydrogens (tertiary/aromatic N) is 1. The van der Waals surface area contributed by atoms with E-state index in [1.807, 2.05) is 30.3 Å². The van der Waals surface area contributed by atoms with Crippen molar-refractivity contribution in [2.75, 3.05) is 25.6 Å². The highest BCUT2D eigenvalue weighted by Crippen LogP contribution is 2.09. The molecule has 1 fully saturated rings. The number of hydrogen-bond acceptors (Lipinski definition) is 3. The average Bonchev–Trinajstić information content (AvgIpc) is 2.46. The number of rotatable bonds is 3. The molecule has 1 saturated heterocycles. The Morgan fingerprint density at radius 1 is 1.44 bits per heavy atom. The van der Waals surface area contributed by atoms with Crippen LogP contribution in [0.2, 0.25) is 0 Å². The first kappa shape index (κ1) is 13.2. The van der Waals surface area contributed by atoms with Gasteiger partial charge in [-0.15, -0.1) is 11.6 Å². The van der Waals surface area contributed by atoms with Gasteiger partial charge in [0.1, 0.15) is 6.61 Å². The normalized spacial score (nSPS) is 19.6. The third kappa shape index (κ3) is 3.62. The molecule has 98 valence electrons. The molecular weight excluding hydrogens is 254 g/mol. The molecule has 0 radical (unpaired) electrons. The van der Waals surface area contributed by atoms with Crippen LogP contribution in [-0.2, 0) is 16.1 Å². The molecule has 1 aliphatic heterocycles. The smallest absolute Gasteiger partial charge is 0.410 e. The van der Waals surface area contributed by atoms with Crippen LogP contribution in [0.4, 0.5) is 4.79 Å².